The lowest BCUT2D eigenvalue weighted by Crippen LogP contribution is -1.95. The molecule has 0 unspecified atom stereocenters. The van der Waals surface area contributed by atoms with E-state index in [0.29, 0.717) is 28.4 Å². The minimum atomic E-state index is -0.451. The highest BCUT2D eigenvalue weighted by Gasteiger charge is 2.12. The molecule has 0 spiro atoms. The molecule has 0 aliphatic heterocycles. The lowest BCUT2D eigenvalue weighted by Gasteiger charge is -2.12. The zero-order chi connectivity index (χ0) is 15.4. The zero-order valence-corrected chi connectivity index (χ0v) is 11.7. The van der Waals surface area contributed by atoms with Gasteiger partial charge in [-0.25, -0.2) is 0 Å². The first kappa shape index (κ1) is 14.8. The predicted octanol–water partition coefficient (Wildman–Crippen LogP) is 3.20. The number of aryl methyl sites for hydroxylation is 1. The highest BCUT2D eigenvalue weighted by Crippen LogP contribution is 2.34. The van der Waals surface area contributed by atoms with Crippen molar-refractivity contribution in [1.82, 2.24) is 0 Å². The van der Waals surface area contributed by atoms with Crippen molar-refractivity contribution in [3.63, 3.8) is 0 Å². The summed E-state index contributed by atoms with van der Waals surface area (Å²) in [5.41, 5.74) is 1.37. The van der Waals surface area contributed by atoms with Gasteiger partial charge in [0.1, 0.15) is 5.75 Å². The Morgan fingerprint density at radius 2 is 1.86 bits per heavy atom. The van der Waals surface area contributed by atoms with Crippen molar-refractivity contribution in [2.45, 2.75) is 13.5 Å². The molecular weight excluding hydrogens is 274 g/mol. The van der Waals surface area contributed by atoms with Crippen LogP contribution in [0.1, 0.15) is 11.1 Å². The lowest BCUT2D eigenvalue weighted by molar-refractivity contribution is -0.384. The number of benzene rings is 2. The second kappa shape index (κ2) is 6.23. The van der Waals surface area contributed by atoms with Gasteiger partial charge >= 0.3 is 0 Å². The van der Waals surface area contributed by atoms with Crippen LogP contribution in [0.4, 0.5) is 5.69 Å². The van der Waals surface area contributed by atoms with E-state index in [2.05, 4.69) is 0 Å². The number of aliphatic hydroxyl groups is 1. The summed E-state index contributed by atoms with van der Waals surface area (Å²) in [7, 11) is 1.51. The van der Waals surface area contributed by atoms with Crippen LogP contribution in [0.2, 0.25) is 0 Å². The van der Waals surface area contributed by atoms with Gasteiger partial charge in [0.2, 0.25) is 0 Å². The quantitative estimate of drug-likeness (QED) is 0.675. The number of aliphatic hydroxyl groups excluding tert-OH is 1. The van der Waals surface area contributed by atoms with E-state index >= 15 is 0 Å². The summed E-state index contributed by atoms with van der Waals surface area (Å²) >= 11 is 0. The normalized spacial score (nSPS) is 10.2. The number of nitro benzene ring substituents is 1. The number of hydrogen-bond acceptors (Lipinski definition) is 5. The van der Waals surface area contributed by atoms with Crippen molar-refractivity contribution < 1.29 is 19.5 Å². The highest BCUT2D eigenvalue weighted by atomic mass is 16.6. The van der Waals surface area contributed by atoms with Crippen LogP contribution in [0, 0.1) is 17.0 Å². The fourth-order valence-corrected chi connectivity index (χ4v) is 1.87. The van der Waals surface area contributed by atoms with Crippen LogP contribution in [0.25, 0.3) is 0 Å². The van der Waals surface area contributed by atoms with E-state index < -0.39 is 4.92 Å². The number of nitro groups is 1. The molecule has 0 aliphatic rings. The van der Waals surface area contributed by atoms with Gasteiger partial charge < -0.3 is 14.6 Å². The molecule has 0 aliphatic carbocycles. The summed E-state index contributed by atoms with van der Waals surface area (Å²) in [6, 6.07) is 9.47. The Bertz CT molecular complexity index is 669. The first-order chi connectivity index (χ1) is 10.0. The van der Waals surface area contributed by atoms with Gasteiger partial charge in [-0.1, -0.05) is 6.07 Å². The van der Waals surface area contributed by atoms with Gasteiger partial charge in [-0.2, -0.15) is 0 Å². The summed E-state index contributed by atoms with van der Waals surface area (Å²) in [4.78, 5) is 10.3. The van der Waals surface area contributed by atoms with Gasteiger partial charge in [0, 0.05) is 12.1 Å². The maximum Gasteiger partial charge on any atom is 0.269 e. The molecular formula is C15H15NO5. The number of methoxy groups -OCH3 is 1. The molecule has 0 bridgehead atoms. The predicted molar refractivity (Wildman–Crippen MR) is 76.8 cm³/mol. The SMILES string of the molecule is COc1cc(CO)ccc1Oc1ccc([N+](=O)[O-])cc1C. The van der Waals surface area contributed by atoms with Crippen LogP contribution < -0.4 is 9.47 Å². The minimum absolute atomic E-state index is 0.0162. The summed E-state index contributed by atoms with van der Waals surface area (Å²) in [6.07, 6.45) is 0. The molecule has 1 N–H and O–H groups in total. The van der Waals surface area contributed by atoms with Crippen LogP contribution in [0.15, 0.2) is 36.4 Å². The molecule has 110 valence electrons. The van der Waals surface area contributed by atoms with E-state index in [9.17, 15) is 10.1 Å². The van der Waals surface area contributed by atoms with Gasteiger partial charge in [0.05, 0.1) is 18.6 Å². The molecule has 21 heavy (non-hydrogen) atoms. The second-order valence-electron chi connectivity index (χ2n) is 4.45. The van der Waals surface area contributed by atoms with Gasteiger partial charge in [-0.3, -0.25) is 10.1 Å². The molecule has 2 aromatic carbocycles. The number of nitrogens with zero attached hydrogens (tertiary/aromatic N) is 1. The summed E-state index contributed by atoms with van der Waals surface area (Å²) in [5, 5.41) is 19.8. The zero-order valence-electron chi connectivity index (χ0n) is 11.7. The Kier molecular flexibility index (Phi) is 4.39. The van der Waals surface area contributed by atoms with E-state index in [4.69, 9.17) is 14.6 Å². The molecule has 0 atom stereocenters. The number of rotatable bonds is 5. The van der Waals surface area contributed by atoms with Crippen molar-refractivity contribution in [3.8, 4) is 17.2 Å². The molecule has 0 radical (unpaired) electrons. The molecule has 0 heterocycles. The van der Waals surface area contributed by atoms with Gasteiger partial charge in [-0.05, 0) is 36.2 Å². The Morgan fingerprint density at radius 1 is 1.14 bits per heavy atom. The van der Waals surface area contributed by atoms with Gasteiger partial charge in [0.15, 0.2) is 11.5 Å². The summed E-state index contributed by atoms with van der Waals surface area (Å²) in [5.74, 6) is 1.47. The summed E-state index contributed by atoms with van der Waals surface area (Å²) < 4.78 is 11.0. The maximum atomic E-state index is 10.7. The van der Waals surface area contributed by atoms with E-state index in [1.54, 1.807) is 31.2 Å². The number of hydrogen-bond donors (Lipinski definition) is 1. The molecule has 0 amide bonds. The van der Waals surface area contributed by atoms with Crippen LogP contribution in [0.3, 0.4) is 0 Å². The first-order valence-corrected chi connectivity index (χ1v) is 6.26. The molecule has 2 aromatic rings. The van der Waals surface area contributed by atoms with Crippen LogP contribution in [-0.2, 0) is 6.61 Å². The first-order valence-electron chi connectivity index (χ1n) is 6.26. The van der Waals surface area contributed by atoms with Crippen molar-refractivity contribution >= 4 is 5.69 Å². The molecule has 6 heteroatoms. The highest BCUT2D eigenvalue weighted by molar-refractivity contribution is 5.49. The molecule has 0 aromatic heterocycles. The fraction of sp³-hybridized carbons (Fsp3) is 0.200. The van der Waals surface area contributed by atoms with Crippen molar-refractivity contribution in [3.05, 3.63) is 57.6 Å². The summed E-state index contributed by atoms with van der Waals surface area (Å²) in [6.45, 7) is 1.64. The van der Waals surface area contributed by atoms with E-state index in [1.165, 1.54) is 19.2 Å². The Labute approximate surface area is 121 Å². The van der Waals surface area contributed by atoms with E-state index in [-0.39, 0.29) is 12.3 Å². The Morgan fingerprint density at radius 3 is 2.43 bits per heavy atom. The second-order valence-corrected chi connectivity index (χ2v) is 4.45. The smallest absolute Gasteiger partial charge is 0.269 e. The van der Waals surface area contributed by atoms with Crippen molar-refractivity contribution in [2.24, 2.45) is 0 Å². The van der Waals surface area contributed by atoms with E-state index in [1.807, 2.05) is 0 Å². The van der Waals surface area contributed by atoms with E-state index in [0.717, 1.165) is 0 Å². The van der Waals surface area contributed by atoms with Crippen LogP contribution >= 0.6 is 0 Å². The van der Waals surface area contributed by atoms with Crippen molar-refractivity contribution in [2.75, 3.05) is 7.11 Å². The third-order valence-electron chi connectivity index (χ3n) is 3.00. The molecule has 0 saturated heterocycles. The number of non-ortho nitro benzene ring substituents is 1. The molecule has 0 fully saturated rings. The maximum absolute atomic E-state index is 10.7. The third-order valence-corrected chi connectivity index (χ3v) is 3.00. The standard InChI is InChI=1S/C15H15NO5/c1-10-7-12(16(18)19)4-6-13(10)21-14-5-3-11(9-17)8-15(14)20-2/h3-8,17H,9H2,1-2H3. The van der Waals surface area contributed by atoms with Gasteiger partial charge in [0.25, 0.3) is 5.69 Å². The molecule has 6 nitrogen and oxygen atoms in total. The minimum Gasteiger partial charge on any atom is -0.493 e. The number of ether oxygens (including phenoxy) is 2. The average molecular weight is 289 g/mol. The van der Waals surface area contributed by atoms with Gasteiger partial charge in [-0.15, -0.1) is 0 Å². The fourth-order valence-electron chi connectivity index (χ4n) is 1.87. The Balaban J connectivity index is 2.32. The monoisotopic (exact) mass is 289 g/mol. The average Bonchev–Trinajstić information content (AvgIpc) is 2.49. The third kappa shape index (κ3) is 3.29. The lowest BCUT2D eigenvalue weighted by atomic mass is 10.2. The Hall–Kier alpha value is -2.60. The topological polar surface area (TPSA) is 81.8 Å². The van der Waals surface area contributed by atoms with Crippen LogP contribution in [-0.4, -0.2) is 17.1 Å². The molecule has 2 rings (SSSR count). The molecule has 0 saturated carbocycles. The van der Waals surface area contributed by atoms with Crippen LogP contribution in [0.5, 0.6) is 17.2 Å². The van der Waals surface area contributed by atoms with Crippen molar-refractivity contribution in [1.29, 1.82) is 0 Å². The largest absolute Gasteiger partial charge is 0.493 e.